The van der Waals surface area contributed by atoms with Crippen LogP contribution in [0.2, 0.25) is 0 Å². The molecule has 4 heteroatoms. The van der Waals surface area contributed by atoms with Crippen LogP contribution in [0, 0.1) is 16.2 Å². The van der Waals surface area contributed by atoms with Crippen molar-refractivity contribution in [1.29, 1.82) is 0 Å². The fraction of sp³-hybridized carbons (Fsp3) is 0.545. The first kappa shape index (κ1) is 20.4. The molecular weight excluding hydrogens is 328 g/mol. The SMILES string of the molecule is COC1=CC(C(C)(C)C)(C(C)(C)C)C(O)C(c2cc(OC)ccc2O)=C1. The van der Waals surface area contributed by atoms with E-state index in [1.165, 1.54) is 0 Å². The molecule has 0 heterocycles. The van der Waals surface area contributed by atoms with Crippen molar-refractivity contribution in [2.45, 2.75) is 47.6 Å². The molecule has 4 nitrogen and oxygen atoms in total. The summed E-state index contributed by atoms with van der Waals surface area (Å²) < 4.78 is 10.9. The zero-order chi connectivity index (χ0) is 19.9. The highest BCUT2D eigenvalue weighted by Crippen LogP contribution is 2.60. The molecule has 0 spiro atoms. The zero-order valence-corrected chi connectivity index (χ0v) is 17.2. The van der Waals surface area contributed by atoms with Gasteiger partial charge in [0.25, 0.3) is 0 Å². The van der Waals surface area contributed by atoms with Crippen LogP contribution in [-0.2, 0) is 4.74 Å². The molecule has 0 bridgehead atoms. The largest absolute Gasteiger partial charge is 0.507 e. The van der Waals surface area contributed by atoms with Crippen molar-refractivity contribution >= 4 is 5.57 Å². The molecule has 0 amide bonds. The maximum absolute atomic E-state index is 11.6. The molecule has 2 N–H and O–H groups in total. The van der Waals surface area contributed by atoms with Gasteiger partial charge >= 0.3 is 0 Å². The van der Waals surface area contributed by atoms with Crippen LogP contribution >= 0.6 is 0 Å². The summed E-state index contributed by atoms with van der Waals surface area (Å²) in [6.45, 7) is 12.7. The second-order valence-electron chi connectivity index (χ2n) is 9.01. The molecule has 1 aliphatic carbocycles. The van der Waals surface area contributed by atoms with Crippen molar-refractivity contribution in [2.24, 2.45) is 16.2 Å². The Labute approximate surface area is 157 Å². The van der Waals surface area contributed by atoms with Crippen LogP contribution < -0.4 is 4.74 Å². The van der Waals surface area contributed by atoms with Crippen molar-refractivity contribution < 1.29 is 19.7 Å². The maximum atomic E-state index is 11.6. The van der Waals surface area contributed by atoms with E-state index >= 15 is 0 Å². The third-order valence-corrected chi connectivity index (χ3v) is 5.63. The third kappa shape index (κ3) is 3.11. The summed E-state index contributed by atoms with van der Waals surface area (Å²) in [6, 6.07) is 5.03. The second-order valence-corrected chi connectivity index (χ2v) is 9.01. The van der Waals surface area contributed by atoms with E-state index in [9.17, 15) is 10.2 Å². The molecular formula is C22H32O4. The molecule has 1 aliphatic rings. The summed E-state index contributed by atoms with van der Waals surface area (Å²) >= 11 is 0. The van der Waals surface area contributed by atoms with Crippen LogP contribution in [0.4, 0.5) is 0 Å². The van der Waals surface area contributed by atoms with Gasteiger partial charge in [0.05, 0.1) is 20.3 Å². The van der Waals surface area contributed by atoms with Crippen LogP contribution in [0.15, 0.2) is 36.1 Å². The fourth-order valence-electron chi connectivity index (χ4n) is 4.42. The molecule has 1 unspecified atom stereocenters. The first-order valence-electron chi connectivity index (χ1n) is 8.93. The number of allylic oxidation sites excluding steroid dienone is 1. The molecule has 1 aromatic carbocycles. The number of hydrogen-bond acceptors (Lipinski definition) is 4. The summed E-state index contributed by atoms with van der Waals surface area (Å²) in [7, 11) is 3.20. The molecule has 26 heavy (non-hydrogen) atoms. The molecule has 0 radical (unpaired) electrons. The zero-order valence-electron chi connectivity index (χ0n) is 17.2. The van der Waals surface area contributed by atoms with Crippen molar-refractivity contribution in [3.63, 3.8) is 0 Å². The van der Waals surface area contributed by atoms with E-state index in [1.807, 2.05) is 6.08 Å². The monoisotopic (exact) mass is 360 g/mol. The number of aliphatic hydroxyl groups is 1. The number of benzene rings is 1. The standard InChI is InChI=1S/C22H32O4/c1-20(2,3)22(21(4,5)6)13-15(26-8)12-17(19(22)24)16-11-14(25-7)9-10-18(16)23/h9-13,19,23-24H,1-8H3. The van der Waals surface area contributed by atoms with Crippen molar-refractivity contribution in [1.82, 2.24) is 0 Å². The highest BCUT2D eigenvalue weighted by atomic mass is 16.5. The van der Waals surface area contributed by atoms with Gasteiger partial charge in [0.1, 0.15) is 17.3 Å². The van der Waals surface area contributed by atoms with E-state index in [2.05, 4.69) is 41.5 Å². The van der Waals surface area contributed by atoms with E-state index in [0.717, 1.165) is 0 Å². The molecule has 0 aromatic heterocycles. The van der Waals surface area contributed by atoms with Gasteiger partial charge in [-0.25, -0.2) is 0 Å². The lowest BCUT2D eigenvalue weighted by molar-refractivity contribution is -0.0687. The number of hydrogen-bond donors (Lipinski definition) is 2. The van der Waals surface area contributed by atoms with E-state index in [0.29, 0.717) is 22.6 Å². The molecule has 1 aromatic rings. The summed E-state index contributed by atoms with van der Waals surface area (Å²) in [6.07, 6.45) is 3.02. The Bertz CT molecular complexity index is 715. The van der Waals surface area contributed by atoms with Gasteiger partial charge in [-0.3, -0.25) is 0 Å². The molecule has 144 valence electrons. The number of aromatic hydroxyl groups is 1. The number of aliphatic hydroxyl groups excluding tert-OH is 1. The lowest BCUT2D eigenvalue weighted by Crippen LogP contribution is -2.54. The van der Waals surface area contributed by atoms with Gasteiger partial charge in [0.15, 0.2) is 0 Å². The summed E-state index contributed by atoms with van der Waals surface area (Å²) in [5.41, 5.74) is 0.0542. The fourth-order valence-corrected chi connectivity index (χ4v) is 4.42. The molecule has 0 fully saturated rings. The van der Waals surface area contributed by atoms with Gasteiger partial charge in [0.2, 0.25) is 0 Å². The smallest absolute Gasteiger partial charge is 0.123 e. The van der Waals surface area contributed by atoms with Gasteiger partial charge in [-0.2, -0.15) is 0 Å². The second kappa shape index (κ2) is 6.66. The van der Waals surface area contributed by atoms with Gasteiger partial charge in [-0.15, -0.1) is 0 Å². The normalized spacial score (nSPS) is 20.3. The van der Waals surface area contributed by atoms with Crippen molar-refractivity contribution in [3.8, 4) is 11.5 Å². The molecule has 0 saturated carbocycles. The predicted molar refractivity (Wildman–Crippen MR) is 105 cm³/mol. The highest BCUT2D eigenvalue weighted by molar-refractivity contribution is 5.78. The van der Waals surface area contributed by atoms with Gasteiger partial charge in [0, 0.05) is 11.0 Å². The minimum atomic E-state index is -0.820. The summed E-state index contributed by atoms with van der Waals surface area (Å²) in [4.78, 5) is 0. The summed E-state index contributed by atoms with van der Waals surface area (Å²) in [5.74, 6) is 1.40. The number of phenols is 1. The molecule has 2 rings (SSSR count). The topological polar surface area (TPSA) is 58.9 Å². The lowest BCUT2D eigenvalue weighted by atomic mass is 9.49. The molecule has 1 atom stereocenters. The van der Waals surface area contributed by atoms with Gasteiger partial charge < -0.3 is 19.7 Å². The van der Waals surface area contributed by atoms with E-state index in [-0.39, 0.29) is 16.6 Å². The van der Waals surface area contributed by atoms with E-state index in [4.69, 9.17) is 9.47 Å². The number of ether oxygens (including phenoxy) is 2. The Hall–Kier alpha value is -1.94. The maximum Gasteiger partial charge on any atom is 0.123 e. The highest BCUT2D eigenvalue weighted by Gasteiger charge is 2.56. The predicted octanol–water partition coefficient (Wildman–Crippen LogP) is 4.77. The average Bonchev–Trinajstić information content (AvgIpc) is 2.53. The van der Waals surface area contributed by atoms with Crippen LogP contribution in [0.3, 0.4) is 0 Å². The number of methoxy groups -OCH3 is 2. The first-order chi connectivity index (χ1) is 11.9. The Morgan fingerprint density at radius 1 is 0.962 bits per heavy atom. The van der Waals surface area contributed by atoms with Crippen LogP contribution in [-0.4, -0.2) is 30.5 Å². The van der Waals surface area contributed by atoms with Gasteiger partial charge in [-0.1, -0.05) is 41.5 Å². The van der Waals surface area contributed by atoms with Crippen LogP contribution in [0.1, 0.15) is 47.1 Å². The number of rotatable bonds is 3. The Kier molecular flexibility index (Phi) is 5.22. The number of phenolic OH excluding ortho intramolecular Hbond substituents is 1. The van der Waals surface area contributed by atoms with Gasteiger partial charge in [-0.05, 0) is 46.8 Å². The molecule has 0 saturated heterocycles. The minimum absolute atomic E-state index is 0.102. The average molecular weight is 360 g/mol. The molecule has 0 aliphatic heterocycles. The third-order valence-electron chi connectivity index (χ3n) is 5.63. The minimum Gasteiger partial charge on any atom is -0.507 e. The Morgan fingerprint density at radius 2 is 1.54 bits per heavy atom. The van der Waals surface area contributed by atoms with Crippen LogP contribution in [0.5, 0.6) is 11.5 Å². The van der Waals surface area contributed by atoms with E-state index < -0.39 is 11.5 Å². The summed E-state index contributed by atoms with van der Waals surface area (Å²) in [5, 5.41) is 22.1. The van der Waals surface area contributed by atoms with Crippen LogP contribution in [0.25, 0.3) is 5.57 Å². The Balaban J connectivity index is 2.78. The van der Waals surface area contributed by atoms with Crippen molar-refractivity contribution in [3.05, 3.63) is 41.7 Å². The Morgan fingerprint density at radius 3 is 2.00 bits per heavy atom. The van der Waals surface area contributed by atoms with E-state index in [1.54, 1.807) is 38.5 Å². The first-order valence-corrected chi connectivity index (χ1v) is 8.93. The lowest BCUT2D eigenvalue weighted by Gasteiger charge is -2.56. The quantitative estimate of drug-likeness (QED) is 0.815. The van der Waals surface area contributed by atoms with Crippen molar-refractivity contribution in [2.75, 3.05) is 14.2 Å².